The number of alkyl carbamates (subject to hydrolysis) is 1. The van der Waals surface area contributed by atoms with Crippen LogP contribution in [0.25, 0.3) is 0 Å². The summed E-state index contributed by atoms with van der Waals surface area (Å²) in [6.07, 6.45) is -0.406. The maximum absolute atomic E-state index is 11.2. The molecule has 1 atom stereocenters. The molecule has 0 aliphatic carbocycles. The lowest BCUT2D eigenvalue weighted by atomic mass is 10.2. The Labute approximate surface area is 79.6 Å². The molecule has 1 amide bonds. The van der Waals surface area contributed by atoms with E-state index >= 15 is 0 Å². The van der Waals surface area contributed by atoms with Crippen LogP contribution in [0, 0.1) is 0 Å². The van der Waals surface area contributed by atoms with Crippen molar-refractivity contribution in [2.75, 3.05) is 13.7 Å². The molecule has 0 fully saturated rings. The van der Waals surface area contributed by atoms with E-state index in [0.717, 1.165) is 0 Å². The van der Waals surface area contributed by atoms with Crippen molar-refractivity contribution in [2.45, 2.75) is 39.3 Å². The molecule has 13 heavy (non-hydrogen) atoms. The van der Waals surface area contributed by atoms with Gasteiger partial charge in [0, 0.05) is 7.11 Å². The number of rotatable bonds is 3. The maximum Gasteiger partial charge on any atom is 0.407 e. The van der Waals surface area contributed by atoms with Crippen LogP contribution in [0.1, 0.15) is 27.7 Å². The second-order valence-corrected chi connectivity index (χ2v) is 4.00. The van der Waals surface area contributed by atoms with E-state index in [4.69, 9.17) is 9.47 Å². The van der Waals surface area contributed by atoms with Crippen LogP contribution in [0.5, 0.6) is 0 Å². The zero-order valence-corrected chi connectivity index (χ0v) is 9.01. The summed E-state index contributed by atoms with van der Waals surface area (Å²) in [5.41, 5.74) is -0.448. The molecule has 4 nitrogen and oxygen atoms in total. The molecule has 0 heterocycles. The molecule has 0 bridgehead atoms. The van der Waals surface area contributed by atoms with E-state index in [2.05, 4.69) is 5.32 Å². The summed E-state index contributed by atoms with van der Waals surface area (Å²) in [7, 11) is 1.59. The summed E-state index contributed by atoms with van der Waals surface area (Å²) in [5.74, 6) is 0. The minimum Gasteiger partial charge on any atom is -0.444 e. The van der Waals surface area contributed by atoms with Gasteiger partial charge in [-0.25, -0.2) is 4.79 Å². The van der Waals surface area contributed by atoms with Crippen LogP contribution in [-0.2, 0) is 9.47 Å². The van der Waals surface area contributed by atoms with Crippen LogP contribution in [0.15, 0.2) is 0 Å². The fourth-order valence-electron chi connectivity index (χ4n) is 0.800. The highest BCUT2D eigenvalue weighted by atomic mass is 16.6. The monoisotopic (exact) mass is 189 g/mol. The lowest BCUT2D eigenvalue weighted by Gasteiger charge is -2.21. The van der Waals surface area contributed by atoms with Gasteiger partial charge in [0.2, 0.25) is 0 Å². The molecular formula is C9H19NO3. The molecule has 0 aromatic heterocycles. The Balaban J connectivity index is 3.74. The largest absolute Gasteiger partial charge is 0.444 e. The zero-order valence-electron chi connectivity index (χ0n) is 9.01. The molecule has 0 aromatic rings. The summed E-state index contributed by atoms with van der Waals surface area (Å²) in [6, 6.07) is -0.0279. The number of nitrogens with one attached hydrogen (secondary N) is 1. The summed E-state index contributed by atoms with van der Waals surface area (Å²) in [6.45, 7) is 7.82. The molecule has 0 radical (unpaired) electrons. The van der Waals surface area contributed by atoms with Crippen LogP contribution in [-0.4, -0.2) is 31.5 Å². The van der Waals surface area contributed by atoms with Gasteiger partial charge < -0.3 is 14.8 Å². The number of hydrogen-bond donors (Lipinski definition) is 1. The molecule has 0 saturated heterocycles. The number of ether oxygens (including phenoxy) is 2. The first kappa shape index (κ1) is 12.2. The highest BCUT2D eigenvalue weighted by molar-refractivity contribution is 5.68. The number of carbonyl (C=O) groups excluding carboxylic acids is 1. The van der Waals surface area contributed by atoms with Crippen molar-refractivity contribution < 1.29 is 14.3 Å². The van der Waals surface area contributed by atoms with Crippen LogP contribution >= 0.6 is 0 Å². The van der Waals surface area contributed by atoms with Crippen LogP contribution in [0.3, 0.4) is 0 Å². The van der Waals surface area contributed by atoms with Crippen LogP contribution in [0.2, 0.25) is 0 Å². The van der Waals surface area contributed by atoms with Gasteiger partial charge in [-0.1, -0.05) is 0 Å². The second kappa shape index (κ2) is 5.07. The van der Waals surface area contributed by atoms with E-state index < -0.39 is 11.7 Å². The van der Waals surface area contributed by atoms with Crippen LogP contribution in [0.4, 0.5) is 4.79 Å². The second-order valence-electron chi connectivity index (χ2n) is 4.00. The van der Waals surface area contributed by atoms with Gasteiger partial charge in [-0.15, -0.1) is 0 Å². The van der Waals surface area contributed by atoms with Gasteiger partial charge in [0.15, 0.2) is 0 Å². The molecular weight excluding hydrogens is 170 g/mol. The van der Waals surface area contributed by atoms with Crippen molar-refractivity contribution in [3.63, 3.8) is 0 Å². The molecule has 0 aliphatic heterocycles. The third-order valence-corrected chi connectivity index (χ3v) is 1.18. The van der Waals surface area contributed by atoms with E-state index in [0.29, 0.717) is 6.61 Å². The SMILES string of the molecule is COC[C@H](C)NC(=O)OC(C)(C)C. The minimum atomic E-state index is -0.448. The molecule has 0 rings (SSSR count). The van der Waals surface area contributed by atoms with Crippen molar-refractivity contribution >= 4 is 6.09 Å². The van der Waals surface area contributed by atoms with Crippen molar-refractivity contribution in [3.05, 3.63) is 0 Å². The lowest BCUT2D eigenvalue weighted by Crippen LogP contribution is -2.39. The van der Waals surface area contributed by atoms with Crippen molar-refractivity contribution in [2.24, 2.45) is 0 Å². The first-order valence-electron chi connectivity index (χ1n) is 4.33. The Hall–Kier alpha value is -0.770. The van der Waals surface area contributed by atoms with Gasteiger partial charge in [0.1, 0.15) is 5.60 Å². The average molecular weight is 189 g/mol. The molecule has 0 saturated carbocycles. The molecule has 4 heteroatoms. The number of hydrogen-bond acceptors (Lipinski definition) is 3. The normalized spacial score (nSPS) is 13.6. The van der Waals surface area contributed by atoms with E-state index in [1.54, 1.807) is 7.11 Å². The van der Waals surface area contributed by atoms with Crippen molar-refractivity contribution in [3.8, 4) is 0 Å². The maximum atomic E-state index is 11.2. The van der Waals surface area contributed by atoms with Gasteiger partial charge in [-0.2, -0.15) is 0 Å². The number of carbonyl (C=O) groups is 1. The fraction of sp³-hybridized carbons (Fsp3) is 0.889. The molecule has 0 spiro atoms. The van der Waals surface area contributed by atoms with Gasteiger partial charge in [-0.05, 0) is 27.7 Å². The minimum absolute atomic E-state index is 0.0279. The van der Waals surface area contributed by atoms with Crippen LogP contribution < -0.4 is 5.32 Å². The smallest absolute Gasteiger partial charge is 0.407 e. The molecule has 1 N–H and O–H groups in total. The molecule has 0 aliphatic rings. The summed E-state index contributed by atoms with van der Waals surface area (Å²) >= 11 is 0. The Morgan fingerprint density at radius 3 is 2.38 bits per heavy atom. The van der Waals surface area contributed by atoms with E-state index in [1.807, 2.05) is 27.7 Å². The summed E-state index contributed by atoms with van der Waals surface area (Å²) in [5, 5.41) is 2.65. The van der Waals surface area contributed by atoms with Gasteiger partial charge in [-0.3, -0.25) is 0 Å². The highest BCUT2D eigenvalue weighted by Crippen LogP contribution is 2.06. The average Bonchev–Trinajstić information content (AvgIpc) is 1.81. The molecule has 78 valence electrons. The number of amides is 1. The van der Waals surface area contributed by atoms with E-state index in [-0.39, 0.29) is 6.04 Å². The Morgan fingerprint density at radius 2 is 2.00 bits per heavy atom. The van der Waals surface area contributed by atoms with Crippen molar-refractivity contribution in [1.29, 1.82) is 0 Å². The summed E-state index contributed by atoms with van der Waals surface area (Å²) in [4.78, 5) is 11.2. The third-order valence-electron chi connectivity index (χ3n) is 1.18. The first-order valence-corrected chi connectivity index (χ1v) is 4.33. The van der Waals surface area contributed by atoms with Crippen molar-refractivity contribution in [1.82, 2.24) is 5.32 Å². The van der Waals surface area contributed by atoms with E-state index in [9.17, 15) is 4.79 Å². The van der Waals surface area contributed by atoms with E-state index in [1.165, 1.54) is 0 Å². The molecule has 0 aromatic carbocycles. The first-order chi connectivity index (χ1) is 5.85. The predicted octanol–water partition coefficient (Wildman–Crippen LogP) is 1.55. The quantitative estimate of drug-likeness (QED) is 0.732. The Bertz CT molecular complexity index is 163. The standard InChI is InChI=1S/C9H19NO3/c1-7(6-12-5)10-8(11)13-9(2,3)4/h7H,6H2,1-5H3,(H,10,11)/t7-/m0/s1. The molecule has 0 unspecified atom stereocenters. The predicted molar refractivity (Wildman–Crippen MR) is 50.7 cm³/mol. The summed E-state index contributed by atoms with van der Waals surface area (Å²) < 4.78 is 9.91. The third kappa shape index (κ3) is 7.59. The zero-order chi connectivity index (χ0) is 10.5. The Morgan fingerprint density at radius 1 is 1.46 bits per heavy atom. The lowest BCUT2D eigenvalue weighted by molar-refractivity contribution is 0.0477. The topological polar surface area (TPSA) is 47.6 Å². The number of methoxy groups -OCH3 is 1. The van der Waals surface area contributed by atoms with Gasteiger partial charge in [0.05, 0.1) is 12.6 Å². The highest BCUT2D eigenvalue weighted by Gasteiger charge is 2.17. The van der Waals surface area contributed by atoms with Gasteiger partial charge in [0.25, 0.3) is 0 Å². The fourth-order valence-corrected chi connectivity index (χ4v) is 0.800. The Kier molecular flexibility index (Phi) is 4.77. The van der Waals surface area contributed by atoms with Gasteiger partial charge >= 0.3 is 6.09 Å².